The second kappa shape index (κ2) is 6.33. The minimum Gasteiger partial charge on any atom is -0.497 e. The number of rotatable bonds is 4. The molecule has 5 heteroatoms. The van der Waals surface area contributed by atoms with Gasteiger partial charge in [-0.2, -0.15) is 0 Å². The van der Waals surface area contributed by atoms with Gasteiger partial charge in [-0.05, 0) is 48.9 Å². The third-order valence-corrected chi connectivity index (χ3v) is 5.14. The molecule has 2 aromatic carbocycles. The third-order valence-electron chi connectivity index (χ3n) is 4.15. The maximum absolute atomic E-state index is 13.6. The van der Waals surface area contributed by atoms with Crippen LogP contribution >= 0.6 is 11.3 Å². The molecule has 0 aliphatic rings. The highest BCUT2D eigenvalue weighted by Crippen LogP contribution is 2.31. The molecule has 126 valence electrons. The van der Waals surface area contributed by atoms with E-state index in [0.717, 1.165) is 27.5 Å². The number of imidazole rings is 1. The number of fused-ring (bicyclic) bond motifs is 1. The van der Waals surface area contributed by atoms with Crippen LogP contribution in [0.15, 0.2) is 54.6 Å². The van der Waals surface area contributed by atoms with Crippen LogP contribution in [0, 0.1) is 12.7 Å². The average molecular weight is 352 g/mol. The van der Waals surface area contributed by atoms with E-state index in [1.54, 1.807) is 24.5 Å². The molecule has 2 aromatic heterocycles. The predicted molar refractivity (Wildman–Crippen MR) is 99.8 cm³/mol. The molecule has 0 amide bonds. The zero-order chi connectivity index (χ0) is 17.4. The van der Waals surface area contributed by atoms with Crippen molar-refractivity contribution in [3.8, 4) is 16.5 Å². The minimum absolute atomic E-state index is 0.271. The minimum atomic E-state index is -0.271. The number of aromatic nitrogens is 2. The van der Waals surface area contributed by atoms with E-state index >= 15 is 0 Å². The van der Waals surface area contributed by atoms with Crippen LogP contribution in [0.4, 0.5) is 4.39 Å². The molecule has 4 aromatic rings. The maximum atomic E-state index is 13.6. The summed E-state index contributed by atoms with van der Waals surface area (Å²) in [5, 5.41) is 0. The molecule has 4 rings (SSSR count). The van der Waals surface area contributed by atoms with Gasteiger partial charge in [0.05, 0.1) is 23.0 Å². The first-order valence-corrected chi connectivity index (χ1v) is 8.81. The molecule has 0 bridgehead atoms. The van der Waals surface area contributed by atoms with E-state index in [0.29, 0.717) is 12.1 Å². The second-order valence-electron chi connectivity index (χ2n) is 5.92. The van der Waals surface area contributed by atoms with Crippen LogP contribution in [0.1, 0.15) is 10.4 Å². The highest BCUT2D eigenvalue weighted by molar-refractivity contribution is 7.15. The Labute approximate surface area is 149 Å². The van der Waals surface area contributed by atoms with E-state index in [1.807, 2.05) is 18.2 Å². The van der Waals surface area contributed by atoms with Gasteiger partial charge in [-0.1, -0.05) is 12.1 Å². The summed E-state index contributed by atoms with van der Waals surface area (Å²) in [6.07, 6.45) is 0. The standard InChI is InChI=1S/C20H17FN2OS/c1-13-6-9-19(25-13)20-22-17-11-15(21)7-8-18(17)23(20)12-14-4-3-5-16(10-14)24-2/h3-11H,12H2,1-2H3. The van der Waals surface area contributed by atoms with Gasteiger partial charge in [0.25, 0.3) is 0 Å². The number of halogens is 1. The molecule has 0 spiro atoms. The Morgan fingerprint density at radius 1 is 1.12 bits per heavy atom. The van der Waals surface area contributed by atoms with Crippen LogP contribution in [0.2, 0.25) is 0 Å². The van der Waals surface area contributed by atoms with Gasteiger partial charge in [-0.25, -0.2) is 9.37 Å². The number of hydrogen-bond donors (Lipinski definition) is 0. The summed E-state index contributed by atoms with van der Waals surface area (Å²) in [6.45, 7) is 2.72. The molecule has 0 fully saturated rings. The van der Waals surface area contributed by atoms with Crippen molar-refractivity contribution in [1.82, 2.24) is 9.55 Å². The van der Waals surface area contributed by atoms with Crippen LogP contribution < -0.4 is 4.74 Å². The van der Waals surface area contributed by atoms with E-state index in [-0.39, 0.29) is 5.82 Å². The Bertz CT molecular complexity index is 1050. The maximum Gasteiger partial charge on any atom is 0.151 e. The highest BCUT2D eigenvalue weighted by atomic mass is 32.1. The van der Waals surface area contributed by atoms with Crippen LogP contribution in [0.5, 0.6) is 5.75 Å². The lowest BCUT2D eigenvalue weighted by Crippen LogP contribution is -2.02. The van der Waals surface area contributed by atoms with Gasteiger partial charge in [0.2, 0.25) is 0 Å². The van der Waals surface area contributed by atoms with Gasteiger partial charge < -0.3 is 9.30 Å². The number of benzene rings is 2. The molecule has 3 nitrogen and oxygen atoms in total. The first-order chi connectivity index (χ1) is 12.1. The van der Waals surface area contributed by atoms with Gasteiger partial charge in [-0.15, -0.1) is 11.3 Å². The van der Waals surface area contributed by atoms with E-state index in [4.69, 9.17) is 9.72 Å². The summed E-state index contributed by atoms with van der Waals surface area (Å²) in [4.78, 5) is 7.00. The second-order valence-corrected chi connectivity index (χ2v) is 7.20. The molecule has 0 radical (unpaired) electrons. The van der Waals surface area contributed by atoms with Gasteiger partial charge >= 0.3 is 0 Å². The first kappa shape index (κ1) is 15.8. The lowest BCUT2D eigenvalue weighted by atomic mass is 10.2. The number of aryl methyl sites for hydroxylation is 1. The SMILES string of the molecule is COc1cccc(Cn2c(-c3ccc(C)s3)nc3cc(F)ccc32)c1. The van der Waals surface area contributed by atoms with Gasteiger partial charge in [0.1, 0.15) is 11.6 Å². The molecule has 2 heterocycles. The highest BCUT2D eigenvalue weighted by Gasteiger charge is 2.15. The Morgan fingerprint density at radius 3 is 2.76 bits per heavy atom. The fourth-order valence-corrected chi connectivity index (χ4v) is 3.83. The molecule has 0 atom stereocenters. The van der Waals surface area contributed by atoms with Crippen LogP contribution in [0.3, 0.4) is 0 Å². The summed E-state index contributed by atoms with van der Waals surface area (Å²) in [5.74, 6) is 1.41. The van der Waals surface area contributed by atoms with Crippen molar-refractivity contribution in [1.29, 1.82) is 0 Å². The molecule has 0 aliphatic carbocycles. The van der Waals surface area contributed by atoms with Gasteiger partial charge in [0.15, 0.2) is 5.82 Å². The van der Waals surface area contributed by atoms with Crippen molar-refractivity contribution in [2.75, 3.05) is 7.11 Å². The van der Waals surface area contributed by atoms with E-state index < -0.39 is 0 Å². The Kier molecular flexibility index (Phi) is 4.01. The Hall–Kier alpha value is -2.66. The molecular formula is C20H17FN2OS. The number of ether oxygens (including phenoxy) is 1. The smallest absolute Gasteiger partial charge is 0.151 e. The summed E-state index contributed by atoms with van der Waals surface area (Å²) < 4.78 is 21.1. The van der Waals surface area contributed by atoms with Gasteiger partial charge in [-0.3, -0.25) is 0 Å². The topological polar surface area (TPSA) is 27.1 Å². The number of nitrogens with zero attached hydrogens (tertiary/aromatic N) is 2. The van der Waals surface area contributed by atoms with Crippen molar-refractivity contribution in [2.24, 2.45) is 0 Å². The van der Waals surface area contributed by atoms with Gasteiger partial charge in [0, 0.05) is 17.5 Å². The molecule has 0 saturated heterocycles. The molecule has 25 heavy (non-hydrogen) atoms. The quantitative estimate of drug-likeness (QED) is 0.500. The van der Waals surface area contributed by atoms with Crippen LogP contribution in [0.25, 0.3) is 21.7 Å². The molecule has 0 saturated carbocycles. The summed E-state index contributed by atoms with van der Waals surface area (Å²) in [6, 6.07) is 16.9. The van der Waals surface area contributed by atoms with Crippen molar-refractivity contribution in [3.05, 3.63) is 70.9 Å². The number of hydrogen-bond acceptors (Lipinski definition) is 3. The van der Waals surface area contributed by atoms with Crippen molar-refractivity contribution >= 4 is 22.4 Å². The molecular weight excluding hydrogens is 335 g/mol. The van der Waals surface area contributed by atoms with Crippen LogP contribution in [-0.4, -0.2) is 16.7 Å². The molecule has 0 unspecified atom stereocenters. The predicted octanol–water partition coefficient (Wildman–Crippen LogP) is 5.27. The first-order valence-electron chi connectivity index (χ1n) is 7.99. The van der Waals surface area contributed by atoms with Crippen molar-refractivity contribution in [3.63, 3.8) is 0 Å². The Balaban J connectivity index is 1.87. The summed E-state index contributed by atoms with van der Waals surface area (Å²) >= 11 is 1.69. The van der Waals surface area contributed by atoms with E-state index in [9.17, 15) is 4.39 Å². The third kappa shape index (κ3) is 3.03. The summed E-state index contributed by atoms with van der Waals surface area (Å²) in [7, 11) is 1.66. The summed E-state index contributed by atoms with van der Waals surface area (Å²) in [5.41, 5.74) is 2.70. The zero-order valence-corrected chi connectivity index (χ0v) is 14.8. The Morgan fingerprint density at radius 2 is 2.00 bits per heavy atom. The average Bonchev–Trinajstić information content (AvgIpc) is 3.18. The molecule has 0 aliphatic heterocycles. The van der Waals surface area contributed by atoms with E-state index in [2.05, 4.69) is 29.7 Å². The normalized spacial score (nSPS) is 11.2. The monoisotopic (exact) mass is 352 g/mol. The van der Waals surface area contributed by atoms with Crippen molar-refractivity contribution in [2.45, 2.75) is 13.5 Å². The fraction of sp³-hybridized carbons (Fsp3) is 0.150. The molecule has 0 N–H and O–H groups in total. The number of thiophene rings is 1. The van der Waals surface area contributed by atoms with Crippen LogP contribution in [-0.2, 0) is 6.54 Å². The largest absolute Gasteiger partial charge is 0.497 e. The van der Waals surface area contributed by atoms with Crippen molar-refractivity contribution < 1.29 is 9.13 Å². The number of methoxy groups -OCH3 is 1. The lowest BCUT2D eigenvalue weighted by molar-refractivity contribution is 0.414. The lowest BCUT2D eigenvalue weighted by Gasteiger charge is -2.10. The zero-order valence-electron chi connectivity index (χ0n) is 14.0. The van der Waals surface area contributed by atoms with E-state index in [1.165, 1.54) is 17.0 Å². The fourth-order valence-electron chi connectivity index (χ4n) is 2.96.